The third-order valence-corrected chi connectivity index (χ3v) is 2.47. The van der Waals surface area contributed by atoms with Crippen LogP contribution in [0.25, 0.3) is 0 Å². The molecular weight excluding hydrogens is 181 g/mol. The number of anilines is 1. The summed E-state index contributed by atoms with van der Waals surface area (Å²) in [5, 5.41) is 3.19. The van der Waals surface area contributed by atoms with E-state index in [1.165, 1.54) is 6.07 Å². The minimum atomic E-state index is -0.429. The normalized spacial score (nSPS) is 17.9. The molecule has 14 heavy (non-hydrogen) atoms. The quantitative estimate of drug-likeness (QED) is 0.738. The van der Waals surface area contributed by atoms with Gasteiger partial charge < -0.3 is 5.32 Å². The van der Waals surface area contributed by atoms with E-state index in [1.807, 2.05) is 0 Å². The van der Waals surface area contributed by atoms with E-state index in [9.17, 15) is 4.39 Å². The molecule has 1 aromatic rings. The minimum absolute atomic E-state index is 0.421. The molecule has 0 spiro atoms. The lowest BCUT2D eigenvalue weighted by Crippen LogP contribution is -2.54. The molecule has 0 aromatic carbocycles. The summed E-state index contributed by atoms with van der Waals surface area (Å²) in [7, 11) is 0. The van der Waals surface area contributed by atoms with Crippen molar-refractivity contribution in [2.75, 3.05) is 25.0 Å². The van der Waals surface area contributed by atoms with Crippen LogP contribution in [0.4, 0.5) is 10.2 Å². The van der Waals surface area contributed by atoms with E-state index >= 15 is 0 Å². The molecule has 0 atom stereocenters. The number of likely N-dealkylation sites (tertiary alicyclic amines) is 1. The first kappa shape index (κ1) is 9.40. The smallest absolute Gasteiger partial charge is 0.214 e. The molecule has 4 heteroatoms. The van der Waals surface area contributed by atoms with Gasteiger partial charge in [-0.15, -0.1) is 0 Å². The van der Waals surface area contributed by atoms with E-state index in [0.29, 0.717) is 11.9 Å². The molecule has 2 rings (SSSR count). The molecule has 1 aromatic heterocycles. The van der Waals surface area contributed by atoms with Crippen molar-refractivity contribution in [1.82, 2.24) is 9.88 Å². The van der Waals surface area contributed by atoms with Crippen molar-refractivity contribution in [1.29, 1.82) is 0 Å². The summed E-state index contributed by atoms with van der Waals surface area (Å²) in [6.45, 7) is 5.26. The zero-order chi connectivity index (χ0) is 9.97. The fraction of sp³-hybridized carbons (Fsp3) is 0.500. The Morgan fingerprint density at radius 3 is 3.00 bits per heavy atom. The van der Waals surface area contributed by atoms with Gasteiger partial charge in [-0.25, -0.2) is 4.98 Å². The highest BCUT2D eigenvalue weighted by molar-refractivity contribution is 5.35. The summed E-state index contributed by atoms with van der Waals surface area (Å²) in [6, 6.07) is 5.23. The summed E-state index contributed by atoms with van der Waals surface area (Å²) in [5.41, 5.74) is 0. The zero-order valence-electron chi connectivity index (χ0n) is 8.20. The monoisotopic (exact) mass is 195 g/mol. The largest absolute Gasteiger partial charge is 0.365 e. The lowest BCUT2D eigenvalue weighted by atomic mass is 10.1. The molecule has 1 fully saturated rings. The van der Waals surface area contributed by atoms with Crippen molar-refractivity contribution >= 4 is 5.82 Å². The van der Waals surface area contributed by atoms with Crippen molar-refractivity contribution in [3.8, 4) is 0 Å². The molecule has 0 aliphatic carbocycles. The van der Waals surface area contributed by atoms with E-state index in [-0.39, 0.29) is 0 Å². The van der Waals surface area contributed by atoms with Crippen LogP contribution in [-0.4, -0.2) is 35.6 Å². The highest BCUT2D eigenvalue weighted by Crippen LogP contribution is 2.12. The zero-order valence-corrected chi connectivity index (χ0v) is 8.20. The highest BCUT2D eigenvalue weighted by Gasteiger charge is 2.24. The van der Waals surface area contributed by atoms with Crippen LogP contribution in [0.5, 0.6) is 0 Å². The first-order valence-corrected chi connectivity index (χ1v) is 4.89. The molecule has 1 aliphatic heterocycles. The maximum atomic E-state index is 12.7. The third-order valence-electron chi connectivity index (χ3n) is 2.47. The molecule has 0 amide bonds. The van der Waals surface area contributed by atoms with Crippen molar-refractivity contribution in [3.05, 3.63) is 24.1 Å². The van der Waals surface area contributed by atoms with Crippen LogP contribution in [0.3, 0.4) is 0 Å². The van der Waals surface area contributed by atoms with Crippen LogP contribution in [-0.2, 0) is 0 Å². The van der Waals surface area contributed by atoms with E-state index < -0.39 is 5.95 Å². The summed E-state index contributed by atoms with van der Waals surface area (Å²) >= 11 is 0. The summed E-state index contributed by atoms with van der Waals surface area (Å²) < 4.78 is 12.7. The average molecular weight is 195 g/mol. The second kappa shape index (κ2) is 3.92. The number of likely N-dealkylation sites (N-methyl/N-ethyl adjacent to an activating group) is 1. The van der Waals surface area contributed by atoms with Crippen molar-refractivity contribution in [2.45, 2.75) is 13.0 Å². The summed E-state index contributed by atoms with van der Waals surface area (Å²) in [5.74, 6) is 0.201. The van der Waals surface area contributed by atoms with Crippen LogP contribution in [0, 0.1) is 5.95 Å². The average Bonchev–Trinajstić information content (AvgIpc) is 2.10. The molecule has 0 unspecified atom stereocenters. The van der Waals surface area contributed by atoms with Crippen LogP contribution >= 0.6 is 0 Å². The molecule has 0 radical (unpaired) electrons. The topological polar surface area (TPSA) is 28.2 Å². The van der Waals surface area contributed by atoms with E-state index in [4.69, 9.17) is 0 Å². The molecular formula is C10H14FN3. The fourth-order valence-electron chi connectivity index (χ4n) is 1.62. The number of nitrogens with zero attached hydrogens (tertiary/aromatic N) is 2. The van der Waals surface area contributed by atoms with Gasteiger partial charge in [-0.3, -0.25) is 4.90 Å². The van der Waals surface area contributed by atoms with Gasteiger partial charge in [0.25, 0.3) is 0 Å². The van der Waals surface area contributed by atoms with Crippen LogP contribution in [0.2, 0.25) is 0 Å². The lowest BCUT2D eigenvalue weighted by Gasteiger charge is -2.39. The number of hydrogen-bond acceptors (Lipinski definition) is 3. The Labute approximate surface area is 82.9 Å². The molecule has 76 valence electrons. The van der Waals surface area contributed by atoms with Crippen LogP contribution in [0.15, 0.2) is 18.2 Å². The predicted octanol–water partition coefficient (Wildman–Crippen LogP) is 1.34. The van der Waals surface area contributed by atoms with Crippen molar-refractivity contribution < 1.29 is 4.39 Å². The van der Waals surface area contributed by atoms with Gasteiger partial charge in [0, 0.05) is 13.1 Å². The van der Waals surface area contributed by atoms with Gasteiger partial charge in [0.1, 0.15) is 5.82 Å². The standard InChI is InChI=1S/C10H14FN3/c1-2-14-6-8(7-14)12-10-5-3-4-9(11)13-10/h3-5,8H,2,6-7H2,1H3,(H,12,13). The van der Waals surface area contributed by atoms with Gasteiger partial charge in [-0.2, -0.15) is 4.39 Å². The number of hydrogen-bond donors (Lipinski definition) is 1. The Hall–Kier alpha value is -1.16. The second-order valence-corrected chi connectivity index (χ2v) is 3.54. The van der Waals surface area contributed by atoms with Crippen molar-refractivity contribution in [3.63, 3.8) is 0 Å². The highest BCUT2D eigenvalue weighted by atomic mass is 19.1. The number of pyridine rings is 1. The first-order chi connectivity index (χ1) is 6.78. The summed E-state index contributed by atoms with van der Waals surface area (Å²) in [6.07, 6.45) is 0. The molecule has 1 N–H and O–H groups in total. The van der Waals surface area contributed by atoms with Gasteiger partial charge >= 0.3 is 0 Å². The minimum Gasteiger partial charge on any atom is -0.365 e. The fourth-order valence-corrected chi connectivity index (χ4v) is 1.62. The van der Waals surface area contributed by atoms with Crippen LogP contribution in [0.1, 0.15) is 6.92 Å². The van der Waals surface area contributed by atoms with Gasteiger partial charge in [0.2, 0.25) is 5.95 Å². The lowest BCUT2D eigenvalue weighted by molar-refractivity contribution is 0.171. The van der Waals surface area contributed by atoms with E-state index in [1.54, 1.807) is 12.1 Å². The number of aromatic nitrogens is 1. The number of halogens is 1. The molecule has 3 nitrogen and oxygen atoms in total. The Morgan fingerprint density at radius 1 is 1.57 bits per heavy atom. The molecule has 2 heterocycles. The first-order valence-electron chi connectivity index (χ1n) is 4.89. The SMILES string of the molecule is CCN1CC(Nc2cccc(F)n2)C1. The third kappa shape index (κ3) is 2.01. The number of rotatable bonds is 3. The van der Waals surface area contributed by atoms with Gasteiger partial charge in [-0.05, 0) is 18.7 Å². The Morgan fingerprint density at radius 2 is 2.36 bits per heavy atom. The second-order valence-electron chi connectivity index (χ2n) is 3.54. The maximum Gasteiger partial charge on any atom is 0.214 e. The maximum absolute atomic E-state index is 12.7. The molecule has 0 bridgehead atoms. The Kier molecular flexibility index (Phi) is 2.63. The number of nitrogens with one attached hydrogen (secondary N) is 1. The predicted molar refractivity (Wildman–Crippen MR) is 53.7 cm³/mol. The van der Waals surface area contributed by atoms with Crippen LogP contribution < -0.4 is 5.32 Å². The summed E-state index contributed by atoms with van der Waals surface area (Å²) in [4.78, 5) is 6.07. The Balaban J connectivity index is 1.87. The van der Waals surface area contributed by atoms with Gasteiger partial charge in [0.15, 0.2) is 0 Å². The van der Waals surface area contributed by atoms with E-state index in [0.717, 1.165) is 19.6 Å². The van der Waals surface area contributed by atoms with Crippen molar-refractivity contribution in [2.24, 2.45) is 0 Å². The van der Waals surface area contributed by atoms with Gasteiger partial charge in [0.05, 0.1) is 6.04 Å². The Bertz CT molecular complexity index is 310. The van der Waals surface area contributed by atoms with Gasteiger partial charge in [-0.1, -0.05) is 13.0 Å². The van der Waals surface area contributed by atoms with E-state index in [2.05, 4.69) is 22.1 Å². The molecule has 1 saturated heterocycles. The molecule has 0 saturated carbocycles. The molecule has 1 aliphatic rings.